The number of methoxy groups -OCH3 is 1. The minimum Gasteiger partial charge on any atom is -0.465 e. The molecule has 134 valence electrons. The molecule has 9 heteroatoms. The Morgan fingerprint density at radius 3 is 2.65 bits per heavy atom. The highest BCUT2D eigenvalue weighted by Crippen LogP contribution is 2.28. The van der Waals surface area contributed by atoms with E-state index in [1.807, 2.05) is 6.07 Å². The average Bonchev–Trinajstić information content (AvgIpc) is 2.65. The molecule has 2 aromatic heterocycles. The highest BCUT2D eigenvalue weighted by atomic mass is 16.5. The zero-order valence-corrected chi connectivity index (χ0v) is 14.4. The Bertz CT molecular complexity index is 843. The summed E-state index contributed by atoms with van der Waals surface area (Å²) in [6.45, 7) is 4.10. The van der Waals surface area contributed by atoms with Crippen LogP contribution in [0.25, 0.3) is 0 Å². The van der Waals surface area contributed by atoms with Gasteiger partial charge in [0.15, 0.2) is 5.69 Å². The van der Waals surface area contributed by atoms with Crippen molar-refractivity contribution in [3.63, 3.8) is 0 Å². The van der Waals surface area contributed by atoms with Crippen molar-refractivity contribution in [3.05, 3.63) is 35.9 Å². The van der Waals surface area contributed by atoms with Crippen LogP contribution in [0.1, 0.15) is 23.0 Å². The molecule has 2 aromatic rings. The fraction of sp³-hybridized carbons (Fsp3) is 0.353. The molecule has 3 heterocycles. The molecule has 0 radical (unpaired) electrons. The number of nitrogens with one attached hydrogen (secondary N) is 2. The maximum atomic E-state index is 12.0. The molecule has 0 bridgehead atoms. The van der Waals surface area contributed by atoms with Gasteiger partial charge in [0, 0.05) is 24.2 Å². The smallest absolute Gasteiger partial charge is 0.341 e. The Balaban J connectivity index is 1.80. The van der Waals surface area contributed by atoms with E-state index in [2.05, 4.69) is 32.5 Å². The van der Waals surface area contributed by atoms with Crippen LogP contribution in [0.2, 0.25) is 0 Å². The molecule has 26 heavy (non-hydrogen) atoms. The lowest BCUT2D eigenvalue weighted by Gasteiger charge is -2.38. The number of hydrogen-bond acceptors (Lipinski definition) is 9. The van der Waals surface area contributed by atoms with E-state index in [-0.39, 0.29) is 11.1 Å². The quantitative estimate of drug-likeness (QED) is 0.746. The molecule has 0 aromatic carbocycles. The van der Waals surface area contributed by atoms with Crippen molar-refractivity contribution < 1.29 is 14.3 Å². The number of ether oxygens (including phenoxy) is 2. The largest absolute Gasteiger partial charge is 0.465 e. The first-order chi connectivity index (χ1) is 12.5. The molecule has 0 amide bonds. The van der Waals surface area contributed by atoms with Crippen molar-refractivity contribution in [2.45, 2.75) is 6.92 Å². The molecule has 0 unspecified atom stereocenters. The second kappa shape index (κ2) is 7.33. The fourth-order valence-electron chi connectivity index (χ4n) is 2.39. The monoisotopic (exact) mass is 354 g/mol. The SMILES string of the molecule is COC(=O)c1cnc(Nc2cnc(C#N)cn2)cc1NCC1(C)COC1. The lowest BCUT2D eigenvalue weighted by Crippen LogP contribution is -2.45. The average molecular weight is 354 g/mol. The maximum Gasteiger partial charge on any atom is 0.341 e. The Kier molecular flexibility index (Phi) is 4.95. The zero-order chi connectivity index (χ0) is 18.6. The lowest BCUT2D eigenvalue weighted by atomic mass is 9.88. The van der Waals surface area contributed by atoms with Crippen LogP contribution < -0.4 is 10.6 Å². The number of nitrogens with zero attached hydrogens (tertiary/aromatic N) is 4. The van der Waals surface area contributed by atoms with Crippen LogP contribution in [0.15, 0.2) is 24.7 Å². The molecule has 0 aliphatic carbocycles. The highest BCUT2D eigenvalue weighted by molar-refractivity contribution is 5.95. The van der Waals surface area contributed by atoms with Gasteiger partial charge in [-0.2, -0.15) is 5.26 Å². The van der Waals surface area contributed by atoms with E-state index >= 15 is 0 Å². The van der Waals surface area contributed by atoms with Crippen molar-refractivity contribution in [1.29, 1.82) is 5.26 Å². The Labute approximate surface area is 150 Å². The Hall–Kier alpha value is -3.25. The second-order valence-electron chi connectivity index (χ2n) is 6.29. The Morgan fingerprint density at radius 1 is 1.31 bits per heavy atom. The molecule has 3 rings (SSSR count). The number of carbonyl (C=O) groups excluding carboxylic acids is 1. The van der Waals surface area contributed by atoms with E-state index in [1.54, 1.807) is 6.07 Å². The zero-order valence-electron chi connectivity index (χ0n) is 14.4. The third-order valence-corrected chi connectivity index (χ3v) is 3.94. The fourth-order valence-corrected chi connectivity index (χ4v) is 2.39. The summed E-state index contributed by atoms with van der Waals surface area (Å²) >= 11 is 0. The van der Waals surface area contributed by atoms with E-state index < -0.39 is 5.97 Å². The summed E-state index contributed by atoms with van der Waals surface area (Å²) in [5.74, 6) is 0.446. The van der Waals surface area contributed by atoms with Crippen LogP contribution in [-0.2, 0) is 9.47 Å². The summed E-state index contributed by atoms with van der Waals surface area (Å²) in [5, 5.41) is 15.0. The van der Waals surface area contributed by atoms with Gasteiger partial charge < -0.3 is 20.1 Å². The first kappa shape index (κ1) is 17.6. The third-order valence-electron chi connectivity index (χ3n) is 3.94. The molecule has 1 aliphatic heterocycles. The maximum absolute atomic E-state index is 12.0. The summed E-state index contributed by atoms with van der Waals surface area (Å²) in [6, 6.07) is 3.61. The summed E-state index contributed by atoms with van der Waals surface area (Å²) < 4.78 is 10.1. The van der Waals surface area contributed by atoms with Gasteiger partial charge >= 0.3 is 5.97 Å². The lowest BCUT2D eigenvalue weighted by molar-refractivity contribution is -0.0924. The Morgan fingerprint density at radius 2 is 2.08 bits per heavy atom. The van der Waals surface area contributed by atoms with E-state index in [1.165, 1.54) is 25.7 Å². The minimum atomic E-state index is -0.472. The van der Waals surface area contributed by atoms with Crippen molar-refractivity contribution in [2.75, 3.05) is 37.5 Å². The van der Waals surface area contributed by atoms with Crippen LogP contribution in [0.3, 0.4) is 0 Å². The van der Waals surface area contributed by atoms with Crippen LogP contribution in [0.5, 0.6) is 0 Å². The molecule has 9 nitrogen and oxygen atoms in total. The predicted molar refractivity (Wildman–Crippen MR) is 93.0 cm³/mol. The minimum absolute atomic E-state index is 0.0306. The van der Waals surface area contributed by atoms with Gasteiger partial charge in [0.25, 0.3) is 0 Å². The van der Waals surface area contributed by atoms with E-state index in [9.17, 15) is 4.79 Å². The standard InChI is InChI=1S/C17H18N6O3/c1-17(9-26-10-17)8-22-13-3-14(21-6-12(13)16(24)25-2)23-15-7-19-11(4-18)5-20-15/h3,5-7H,8-10H2,1-2H3,(H2,20,21,22,23). The molecule has 0 atom stereocenters. The van der Waals surface area contributed by atoms with Crippen molar-refractivity contribution >= 4 is 23.3 Å². The number of aromatic nitrogens is 3. The van der Waals surface area contributed by atoms with Crippen LogP contribution in [0, 0.1) is 16.7 Å². The first-order valence-electron chi connectivity index (χ1n) is 7.92. The summed E-state index contributed by atoms with van der Waals surface area (Å²) in [4.78, 5) is 24.2. The highest BCUT2D eigenvalue weighted by Gasteiger charge is 2.33. The number of pyridine rings is 1. The molecule has 2 N–H and O–H groups in total. The van der Waals surface area contributed by atoms with Gasteiger partial charge in [-0.15, -0.1) is 0 Å². The van der Waals surface area contributed by atoms with Gasteiger partial charge in [0.2, 0.25) is 0 Å². The van der Waals surface area contributed by atoms with Crippen molar-refractivity contribution in [2.24, 2.45) is 5.41 Å². The first-order valence-corrected chi connectivity index (χ1v) is 7.92. The molecule has 1 fully saturated rings. The number of hydrogen-bond donors (Lipinski definition) is 2. The second-order valence-corrected chi connectivity index (χ2v) is 6.29. The molecule has 1 aliphatic rings. The third kappa shape index (κ3) is 3.87. The van der Waals surface area contributed by atoms with Crippen molar-refractivity contribution in [3.8, 4) is 6.07 Å². The molecule has 0 saturated carbocycles. The van der Waals surface area contributed by atoms with Crippen LogP contribution >= 0.6 is 0 Å². The molecule has 0 spiro atoms. The van der Waals surface area contributed by atoms with Gasteiger partial charge in [-0.05, 0) is 0 Å². The topological polar surface area (TPSA) is 122 Å². The van der Waals surface area contributed by atoms with Crippen LogP contribution in [-0.4, -0.2) is 47.8 Å². The number of rotatable bonds is 6. The predicted octanol–water partition coefficient (Wildman–Crippen LogP) is 1.72. The van der Waals surface area contributed by atoms with E-state index in [0.717, 1.165) is 0 Å². The van der Waals surface area contributed by atoms with Gasteiger partial charge in [0.1, 0.15) is 23.3 Å². The number of carbonyl (C=O) groups is 1. The van der Waals surface area contributed by atoms with Gasteiger partial charge in [-0.1, -0.05) is 6.92 Å². The van der Waals surface area contributed by atoms with E-state index in [0.29, 0.717) is 42.6 Å². The van der Waals surface area contributed by atoms with Crippen LogP contribution in [0.4, 0.5) is 17.3 Å². The van der Waals surface area contributed by atoms with Gasteiger partial charge in [-0.3, -0.25) is 0 Å². The van der Waals surface area contributed by atoms with Crippen molar-refractivity contribution in [1.82, 2.24) is 15.0 Å². The number of anilines is 3. The summed E-state index contributed by atoms with van der Waals surface area (Å²) in [5.41, 5.74) is 1.20. The van der Waals surface area contributed by atoms with E-state index in [4.69, 9.17) is 14.7 Å². The summed E-state index contributed by atoms with van der Waals surface area (Å²) in [7, 11) is 1.33. The van der Waals surface area contributed by atoms with Gasteiger partial charge in [0.05, 0.1) is 38.4 Å². The normalized spacial score (nSPS) is 14.7. The molecular weight excluding hydrogens is 336 g/mol. The summed E-state index contributed by atoms with van der Waals surface area (Å²) in [6.07, 6.45) is 4.24. The number of nitriles is 1. The molecular formula is C17H18N6O3. The number of esters is 1. The van der Waals surface area contributed by atoms with Gasteiger partial charge in [-0.25, -0.2) is 19.7 Å². The molecule has 1 saturated heterocycles.